The minimum Gasteiger partial charge on any atom is -0.496 e. The van der Waals surface area contributed by atoms with Gasteiger partial charge in [-0.15, -0.1) is 0 Å². The molecule has 2 rings (SSSR count). The largest absolute Gasteiger partial charge is 0.496 e. The summed E-state index contributed by atoms with van der Waals surface area (Å²) in [6.07, 6.45) is -0.0317. The normalized spacial score (nSPS) is 19.5. The molecular weight excluding hydrogens is 312 g/mol. The number of nitrogens with zero attached hydrogens (tertiary/aromatic N) is 1. The second kappa shape index (κ2) is 7.09. The van der Waals surface area contributed by atoms with Crippen molar-refractivity contribution in [3.05, 3.63) is 23.8 Å². The van der Waals surface area contributed by atoms with Crippen molar-refractivity contribution in [2.75, 3.05) is 32.6 Å². The van der Waals surface area contributed by atoms with E-state index in [-0.39, 0.29) is 17.7 Å². The average Bonchev–Trinajstić information content (AvgIpc) is 2.52. The number of ether oxygens (including phenoxy) is 3. The van der Waals surface area contributed by atoms with Gasteiger partial charge >= 0.3 is 12.0 Å². The maximum Gasteiger partial charge on any atom is 0.341 e. The number of anilines is 1. The van der Waals surface area contributed by atoms with Gasteiger partial charge in [0.05, 0.1) is 32.5 Å². The average molecular weight is 336 g/mol. The third-order valence-electron chi connectivity index (χ3n) is 3.71. The van der Waals surface area contributed by atoms with Gasteiger partial charge in [-0.3, -0.25) is 0 Å². The SMILES string of the molecule is COC(=O)c1ccc(NC(=O)N2C[C@H](C)OC(C)(C)C2)cc1OC. The lowest BCUT2D eigenvalue weighted by molar-refractivity contribution is -0.116. The Morgan fingerprint density at radius 2 is 2.04 bits per heavy atom. The molecule has 0 bridgehead atoms. The number of amides is 2. The molecule has 2 amide bonds. The molecule has 1 aliphatic heterocycles. The van der Waals surface area contributed by atoms with Crippen LogP contribution in [-0.4, -0.2) is 55.9 Å². The van der Waals surface area contributed by atoms with Crippen molar-refractivity contribution < 1.29 is 23.8 Å². The lowest BCUT2D eigenvalue weighted by atomic mass is 10.1. The smallest absolute Gasteiger partial charge is 0.341 e. The van der Waals surface area contributed by atoms with E-state index < -0.39 is 5.97 Å². The summed E-state index contributed by atoms with van der Waals surface area (Å²) in [5, 5.41) is 2.83. The number of morpholine rings is 1. The van der Waals surface area contributed by atoms with E-state index in [4.69, 9.17) is 14.2 Å². The summed E-state index contributed by atoms with van der Waals surface area (Å²) in [6.45, 7) is 6.87. The van der Waals surface area contributed by atoms with Gasteiger partial charge in [-0.05, 0) is 32.9 Å². The van der Waals surface area contributed by atoms with E-state index in [1.807, 2.05) is 20.8 Å². The van der Waals surface area contributed by atoms with Gasteiger partial charge in [0.15, 0.2) is 0 Å². The van der Waals surface area contributed by atoms with Crippen LogP contribution in [0.4, 0.5) is 10.5 Å². The second-order valence-electron chi connectivity index (χ2n) is 6.41. The predicted octanol–water partition coefficient (Wildman–Crippen LogP) is 2.51. The van der Waals surface area contributed by atoms with Gasteiger partial charge in [0.1, 0.15) is 11.3 Å². The summed E-state index contributed by atoms with van der Waals surface area (Å²) in [6, 6.07) is 4.58. The Hall–Kier alpha value is -2.28. The van der Waals surface area contributed by atoms with E-state index in [1.54, 1.807) is 23.1 Å². The molecule has 1 heterocycles. The van der Waals surface area contributed by atoms with Crippen molar-refractivity contribution in [1.29, 1.82) is 0 Å². The quantitative estimate of drug-likeness (QED) is 0.858. The van der Waals surface area contributed by atoms with Gasteiger partial charge in [0.2, 0.25) is 0 Å². The molecule has 1 atom stereocenters. The van der Waals surface area contributed by atoms with Crippen LogP contribution in [0.3, 0.4) is 0 Å². The number of esters is 1. The molecule has 1 aromatic carbocycles. The molecule has 7 nitrogen and oxygen atoms in total. The highest BCUT2D eigenvalue weighted by Gasteiger charge is 2.33. The van der Waals surface area contributed by atoms with Crippen molar-refractivity contribution in [2.24, 2.45) is 0 Å². The van der Waals surface area contributed by atoms with Gasteiger partial charge in [-0.25, -0.2) is 9.59 Å². The third kappa shape index (κ3) is 4.17. The fraction of sp³-hybridized carbons (Fsp3) is 0.529. The molecular formula is C17H24N2O5. The van der Waals surface area contributed by atoms with Crippen molar-refractivity contribution in [3.8, 4) is 5.75 Å². The maximum absolute atomic E-state index is 12.5. The topological polar surface area (TPSA) is 77.1 Å². The number of carbonyl (C=O) groups is 2. The third-order valence-corrected chi connectivity index (χ3v) is 3.71. The number of hydrogen-bond donors (Lipinski definition) is 1. The molecule has 1 N–H and O–H groups in total. The van der Waals surface area contributed by atoms with Gasteiger partial charge in [0.25, 0.3) is 0 Å². The first-order valence-corrected chi connectivity index (χ1v) is 7.76. The molecule has 1 saturated heterocycles. The van der Waals surface area contributed by atoms with Gasteiger partial charge in [0, 0.05) is 18.3 Å². The Bertz CT molecular complexity index is 629. The van der Waals surface area contributed by atoms with Crippen LogP contribution in [0.1, 0.15) is 31.1 Å². The van der Waals surface area contributed by atoms with E-state index in [1.165, 1.54) is 14.2 Å². The molecule has 0 spiro atoms. The van der Waals surface area contributed by atoms with Gasteiger partial charge in [-0.1, -0.05) is 0 Å². The van der Waals surface area contributed by atoms with Crippen molar-refractivity contribution >= 4 is 17.7 Å². The zero-order valence-corrected chi connectivity index (χ0v) is 14.7. The number of benzene rings is 1. The molecule has 1 fully saturated rings. The summed E-state index contributed by atoms with van der Waals surface area (Å²) in [4.78, 5) is 25.9. The van der Waals surface area contributed by atoms with E-state index in [9.17, 15) is 9.59 Å². The molecule has 0 saturated carbocycles. The van der Waals surface area contributed by atoms with Gasteiger partial charge in [-0.2, -0.15) is 0 Å². The van der Waals surface area contributed by atoms with Crippen LogP contribution >= 0.6 is 0 Å². The highest BCUT2D eigenvalue weighted by Crippen LogP contribution is 2.25. The van der Waals surface area contributed by atoms with E-state index >= 15 is 0 Å². The number of hydrogen-bond acceptors (Lipinski definition) is 5. The molecule has 1 aliphatic rings. The molecule has 7 heteroatoms. The Labute approximate surface area is 141 Å². The number of carbonyl (C=O) groups excluding carboxylic acids is 2. The van der Waals surface area contributed by atoms with E-state index in [2.05, 4.69) is 5.32 Å². The molecule has 0 unspecified atom stereocenters. The maximum atomic E-state index is 12.5. The molecule has 0 aromatic heterocycles. The van der Waals surface area contributed by atoms with Crippen molar-refractivity contribution in [1.82, 2.24) is 4.90 Å². The second-order valence-corrected chi connectivity index (χ2v) is 6.41. The Kier molecular flexibility index (Phi) is 5.33. The first-order valence-electron chi connectivity index (χ1n) is 7.76. The lowest BCUT2D eigenvalue weighted by Gasteiger charge is -2.41. The number of nitrogens with one attached hydrogen (secondary N) is 1. The highest BCUT2D eigenvalue weighted by atomic mass is 16.5. The van der Waals surface area contributed by atoms with Crippen LogP contribution in [0.15, 0.2) is 18.2 Å². The Morgan fingerprint density at radius 3 is 2.62 bits per heavy atom. The molecule has 132 valence electrons. The first kappa shape index (κ1) is 18.1. The van der Waals surface area contributed by atoms with Crippen LogP contribution in [0.25, 0.3) is 0 Å². The minimum absolute atomic E-state index is 0.0317. The highest BCUT2D eigenvalue weighted by molar-refractivity contribution is 5.95. The fourth-order valence-corrected chi connectivity index (χ4v) is 2.86. The first-order chi connectivity index (χ1) is 11.3. The Balaban J connectivity index is 2.13. The zero-order chi connectivity index (χ0) is 17.9. The van der Waals surface area contributed by atoms with Crippen LogP contribution in [-0.2, 0) is 9.47 Å². The van der Waals surface area contributed by atoms with Crippen LogP contribution in [0.2, 0.25) is 0 Å². The Morgan fingerprint density at radius 1 is 1.33 bits per heavy atom. The van der Waals surface area contributed by atoms with E-state index in [0.29, 0.717) is 30.1 Å². The monoisotopic (exact) mass is 336 g/mol. The summed E-state index contributed by atoms with van der Waals surface area (Å²) in [5.74, 6) is -0.149. The summed E-state index contributed by atoms with van der Waals surface area (Å²) >= 11 is 0. The number of methoxy groups -OCH3 is 2. The zero-order valence-electron chi connectivity index (χ0n) is 14.7. The summed E-state index contributed by atoms with van der Waals surface area (Å²) in [5.41, 5.74) is 0.460. The van der Waals surface area contributed by atoms with Crippen LogP contribution < -0.4 is 10.1 Å². The summed E-state index contributed by atoms with van der Waals surface area (Å²) < 4.78 is 15.7. The van der Waals surface area contributed by atoms with Crippen LogP contribution in [0, 0.1) is 0 Å². The van der Waals surface area contributed by atoms with Gasteiger partial charge < -0.3 is 24.4 Å². The predicted molar refractivity (Wildman–Crippen MR) is 89.6 cm³/mol. The number of rotatable bonds is 3. The number of urea groups is 1. The molecule has 24 heavy (non-hydrogen) atoms. The lowest BCUT2D eigenvalue weighted by Crippen LogP contribution is -2.54. The summed E-state index contributed by atoms with van der Waals surface area (Å²) in [7, 11) is 2.76. The molecule has 0 aliphatic carbocycles. The van der Waals surface area contributed by atoms with E-state index in [0.717, 1.165) is 0 Å². The standard InChI is InChI=1S/C17H24N2O5/c1-11-9-19(10-17(2,3)24-11)16(21)18-12-6-7-13(15(20)23-5)14(8-12)22-4/h6-8,11H,9-10H2,1-5H3,(H,18,21)/t11-/m0/s1. The molecule has 1 aromatic rings. The van der Waals surface area contributed by atoms with Crippen LogP contribution in [0.5, 0.6) is 5.75 Å². The minimum atomic E-state index is -0.492. The van der Waals surface area contributed by atoms with Crippen molar-refractivity contribution in [2.45, 2.75) is 32.5 Å². The van der Waals surface area contributed by atoms with Crippen molar-refractivity contribution in [3.63, 3.8) is 0 Å². The fourth-order valence-electron chi connectivity index (χ4n) is 2.86. The molecule has 0 radical (unpaired) electrons.